The third kappa shape index (κ3) is 2.71. The standard InChI is InChI=1S/C19H12BrFN2O/c1-11-8-12(2-5-15(11)13-3-7-18(21)22-10-13)19-23-16-9-14(20)4-6-17(16)24-19/h2-10H,1H3. The molecule has 0 aliphatic rings. The van der Waals surface area contributed by atoms with Crippen molar-refractivity contribution in [3.8, 4) is 22.6 Å². The molecule has 2 heterocycles. The van der Waals surface area contributed by atoms with E-state index in [0.717, 1.165) is 37.8 Å². The number of rotatable bonds is 2. The van der Waals surface area contributed by atoms with Gasteiger partial charge in [-0.15, -0.1) is 0 Å². The van der Waals surface area contributed by atoms with Gasteiger partial charge in [0.2, 0.25) is 11.8 Å². The predicted molar refractivity (Wildman–Crippen MR) is 95.1 cm³/mol. The van der Waals surface area contributed by atoms with Crippen molar-refractivity contribution in [2.45, 2.75) is 6.92 Å². The largest absolute Gasteiger partial charge is 0.436 e. The van der Waals surface area contributed by atoms with Crippen LogP contribution in [0.4, 0.5) is 4.39 Å². The lowest BCUT2D eigenvalue weighted by Gasteiger charge is -2.07. The zero-order valence-electron chi connectivity index (χ0n) is 12.8. The third-order valence-corrected chi connectivity index (χ3v) is 4.35. The van der Waals surface area contributed by atoms with Crippen molar-refractivity contribution in [3.05, 3.63) is 70.7 Å². The van der Waals surface area contributed by atoms with Crippen molar-refractivity contribution < 1.29 is 8.81 Å². The summed E-state index contributed by atoms with van der Waals surface area (Å²) in [4.78, 5) is 8.25. The molecule has 3 nitrogen and oxygen atoms in total. The topological polar surface area (TPSA) is 38.9 Å². The fraction of sp³-hybridized carbons (Fsp3) is 0.0526. The minimum Gasteiger partial charge on any atom is -0.436 e. The van der Waals surface area contributed by atoms with Gasteiger partial charge >= 0.3 is 0 Å². The van der Waals surface area contributed by atoms with Gasteiger partial charge in [-0.2, -0.15) is 4.39 Å². The average Bonchev–Trinajstić information content (AvgIpc) is 2.99. The third-order valence-electron chi connectivity index (χ3n) is 3.86. The first-order valence-electron chi connectivity index (χ1n) is 7.39. The fourth-order valence-corrected chi connectivity index (χ4v) is 3.03. The lowest BCUT2D eigenvalue weighted by Crippen LogP contribution is -1.88. The maximum atomic E-state index is 13.0. The number of nitrogens with zero attached hydrogens (tertiary/aromatic N) is 2. The van der Waals surface area contributed by atoms with Gasteiger partial charge in [0, 0.05) is 21.8 Å². The van der Waals surface area contributed by atoms with Crippen LogP contribution in [0.1, 0.15) is 5.56 Å². The van der Waals surface area contributed by atoms with Gasteiger partial charge in [-0.1, -0.05) is 22.0 Å². The number of pyridine rings is 1. The Morgan fingerprint density at radius 3 is 2.58 bits per heavy atom. The molecule has 2 aromatic carbocycles. The van der Waals surface area contributed by atoms with Crippen LogP contribution in [0.15, 0.2) is 63.6 Å². The fourth-order valence-electron chi connectivity index (χ4n) is 2.68. The Labute approximate surface area is 146 Å². The van der Waals surface area contributed by atoms with Gasteiger partial charge in [-0.05, 0) is 60.5 Å². The van der Waals surface area contributed by atoms with E-state index in [1.807, 2.05) is 43.3 Å². The molecule has 0 saturated heterocycles. The summed E-state index contributed by atoms with van der Waals surface area (Å²) >= 11 is 3.44. The Balaban J connectivity index is 1.76. The van der Waals surface area contributed by atoms with Crippen molar-refractivity contribution in [2.24, 2.45) is 0 Å². The van der Waals surface area contributed by atoms with E-state index < -0.39 is 5.95 Å². The number of hydrogen-bond acceptors (Lipinski definition) is 3. The monoisotopic (exact) mass is 382 g/mol. The van der Waals surface area contributed by atoms with Gasteiger partial charge < -0.3 is 4.42 Å². The number of aryl methyl sites for hydroxylation is 1. The molecule has 0 fully saturated rings. The Bertz CT molecular complexity index is 1040. The molecule has 5 heteroatoms. The van der Waals surface area contributed by atoms with Crippen LogP contribution in [0.3, 0.4) is 0 Å². The quantitative estimate of drug-likeness (QED) is 0.413. The molecule has 0 bridgehead atoms. The molecule has 0 N–H and O–H groups in total. The number of aromatic nitrogens is 2. The maximum absolute atomic E-state index is 13.0. The highest BCUT2D eigenvalue weighted by molar-refractivity contribution is 9.10. The molecule has 2 aromatic heterocycles. The summed E-state index contributed by atoms with van der Waals surface area (Å²) < 4.78 is 19.8. The van der Waals surface area contributed by atoms with E-state index in [9.17, 15) is 4.39 Å². The Morgan fingerprint density at radius 1 is 1.00 bits per heavy atom. The molecular weight excluding hydrogens is 371 g/mol. The van der Waals surface area contributed by atoms with E-state index in [1.54, 1.807) is 6.07 Å². The second kappa shape index (κ2) is 5.83. The van der Waals surface area contributed by atoms with Gasteiger partial charge in [0.1, 0.15) is 5.52 Å². The van der Waals surface area contributed by atoms with Crippen molar-refractivity contribution in [3.63, 3.8) is 0 Å². The maximum Gasteiger partial charge on any atom is 0.227 e. The lowest BCUT2D eigenvalue weighted by molar-refractivity contribution is 0.584. The van der Waals surface area contributed by atoms with Crippen LogP contribution in [-0.4, -0.2) is 9.97 Å². The number of fused-ring (bicyclic) bond motifs is 1. The summed E-state index contributed by atoms with van der Waals surface area (Å²) in [5.41, 5.74) is 5.39. The van der Waals surface area contributed by atoms with Crippen molar-refractivity contribution >= 4 is 27.0 Å². The lowest BCUT2D eigenvalue weighted by atomic mass is 10.00. The normalized spacial score (nSPS) is 11.1. The Kier molecular flexibility index (Phi) is 3.65. The van der Waals surface area contributed by atoms with Gasteiger partial charge in [0.15, 0.2) is 5.58 Å². The summed E-state index contributed by atoms with van der Waals surface area (Å²) in [5.74, 6) is 0.0978. The van der Waals surface area contributed by atoms with E-state index in [1.165, 1.54) is 12.3 Å². The number of benzene rings is 2. The molecule has 0 spiro atoms. The van der Waals surface area contributed by atoms with Crippen LogP contribution < -0.4 is 0 Å². The van der Waals surface area contributed by atoms with Crippen molar-refractivity contribution in [2.75, 3.05) is 0 Å². The Morgan fingerprint density at radius 2 is 1.83 bits per heavy atom. The molecule has 0 radical (unpaired) electrons. The molecule has 0 aliphatic heterocycles. The van der Waals surface area contributed by atoms with Crippen LogP contribution in [0.5, 0.6) is 0 Å². The highest BCUT2D eigenvalue weighted by Crippen LogP contribution is 2.30. The van der Waals surface area contributed by atoms with E-state index in [4.69, 9.17) is 4.42 Å². The molecule has 0 amide bonds. The van der Waals surface area contributed by atoms with Gasteiger partial charge in [0.25, 0.3) is 0 Å². The summed E-state index contributed by atoms with van der Waals surface area (Å²) in [7, 11) is 0. The average molecular weight is 383 g/mol. The summed E-state index contributed by atoms with van der Waals surface area (Å²) in [6.45, 7) is 2.00. The highest BCUT2D eigenvalue weighted by Gasteiger charge is 2.11. The van der Waals surface area contributed by atoms with Crippen LogP contribution in [0.25, 0.3) is 33.7 Å². The van der Waals surface area contributed by atoms with Crippen LogP contribution in [0.2, 0.25) is 0 Å². The van der Waals surface area contributed by atoms with E-state index in [-0.39, 0.29) is 0 Å². The van der Waals surface area contributed by atoms with Crippen molar-refractivity contribution in [1.82, 2.24) is 9.97 Å². The predicted octanol–water partition coefficient (Wildman–Crippen LogP) is 5.77. The number of oxazole rings is 1. The molecular formula is C19H12BrFN2O. The highest BCUT2D eigenvalue weighted by atomic mass is 79.9. The van der Waals surface area contributed by atoms with Gasteiger partial charge in [0.05, 0.1) is 0 Å². The Hall–Kier alpha value is -2.53. The first kappa shape index (κ1) is 15.0. The summed E-state index contributed by atoms with van der Waals surface area (Å²) in [6.07, 6.45) is 1.54. The molecule has 0 atom stereocenters. The second-order valence-electron chi connectivity index (χ2n) is 5.53. The number of hydrogen-bond donors (Lipinski definition) is 0. The first-order chi connectivity index (χ1) is 11.6. The van der Waals surface area contributed by atoms with E-state index in [2.05, 4.69) is 25.9 Å². The van der Waals surface area contributed by atoms with Crippen LogP contribution >= 0.6 is 15.9 Å². The molecule has 0 saturated carbocycles. The molecule has 0 aliphatic carbocycles. The van der Waals surface area contributed by atoms with E-state index in [0.29, 0.717) is 5.89 Å². The van der Waals surface area contributed by atoms with Crippen LogP contribution in [0, 0.1) is 12.9 Å². The van der Waals surface area contributed by atoms with E-state index >= 15 is 0 Å². The van der Waals surface area contributed by atoms with Gasteiger partial charge in [-0.25, -0.2) is 9.97 Å². The SMILES string of the molecule is Cc1cc(-c2nc3cc(Br)ccc3o2)ccc1-c1ccc(F)nc1. The minimum atomic E-state index is -0.481. The molecule has 24 heavy (non-hydrogen) atoms. The number of halogens is 2. The molecule has 4 rings (SSSR count). The molecule has 4 aromatic rings. The zero-order valence-corrected chi connectivity index (χ0v) is 14.3. The summed E-state index contributed by atoms with van der Waals surface area (Å²) in [5, 5.41) is 0. The smallest absolute Gasteiger partial charge is 0.227 e. The zero-order chi connectivity index (χ0) is 16.7. The summed E-state index contributed by atoms with van der Waals surface area (Å²) in [6, 6.07) is 14.8. The second-order valence-corrected chi connectivity index (χ2v) is 6.45. The van der Waals surface area contributed by atoms with Crippen molar-refractivity contribution in [1.29, 1.82) is 0 Å². The molecule has 0 unspecified atom stereocenters. The first-order valence-corrected chi connectivity index (χ1v) is 8.18. The van der Waals surface area contributed by atoms with Crippen LogP contribution in [-0.2, 0) is 0 Å². The molecule has 118 valence electrons. The van der Waals surface area contributed by atoms with Gasteiger partial charge in [-0.3, -0.25) is 0 Å². The minimum absolute atomic E-state index is 0.481.